The molecular formula is C18H15F2NO2. The van der Waals surface area contributed by atoms with Crippen molar-refractivity contribution in [3.63, 3.8) is 0 Å². The molecule has 0 aliphatic carbocycles. The van der Waals surface area contributed by atoms with Crippen molar-refractivity contribution < 1.29 is 18.0 Å². The van der Waals surface area contributed by atoms with Crippen LogP contribution in [0, 0.1) is 18.6 Å². The molecule has 3 nitrogen and oxygen atoms in total. The van der Waals surface area contributed by atoms with Crippen molar-refractivity contribution in [2.24, 2.45) is 0 Å². The average molecular weight is 315 g/mol. The van der Waals surface area contributed by atoms with Gasteiger partial charge in [-0.2, -0.15) is 0 Å². The molecule has 1 aromatic heterocycles. The van der Waals surface area contributed by atoms with Gasteiger partial charge in [-0.05, 0) is 37.1 Å². The van der Waals surface area contributed by atoms with Gasteiger partial charge in [0.2, 0.25) is 0 Å². The maximum absolute atomic E-state index is 13.7. The first-order chi connectivity index (χ1) is 11.1. The summed E-state index contributed by atoms with van der Waals surface area (Å²) in [4.78, 5) is 12.2. The number of hydrogen-bond donors (Lipinski definition) is 1. The number of para-hydroxylation sites is 1. The molecule has 0 saturated heterocycles. The molecular weight excluding hydrogens is 300 g/mol. The minimum Gasteiger partial charge on any atom is -0.448 e. The lowest BCUT2D eigenvalue weighted by Gasteiger charge is -2.04. The predicted octanol–water partition coefficient (Wildman–Crippen LogP) is 3.99. The zero-order valence-corrected chi connectivity index (χ0v) is 12.5. The summed E-state index contributed by atoms with van der Waals surface area (Å²) in [5, 5.41) is 3.29. The quantitative estimate of drug-likeness (QED) is 0.791. The molecule has 0 spiro atoms. The Labute approximate surface area is 131 Å². The molecule has 0 aliphatic heterocycles. The number of furan rings is 1. The molecule has 0 bridgehead atoms. The third-order valence-electron chi connectivity index (χ3n) is 3.71. The molecule has 118 valence electrons. The van der Waals surface area contributed by atoms with Crippen LogP contribution in [0.4, 0.5) is 8.78 Å². The summed E-state index contributed by atoms with van der Waals surface area (Å²) in [7, 11) is 0. The fraction of sp³-hybridized carbons (Fsp3) is 0.167. The van der Waals surface area contributed by atoms with Crippen molar-refractivity contribution in [3.8, 4) is 0 Å². The first kappa shape index (κ1) is 15.2. The molecule has 1 amide bonds. The van der Waals surface area contributed by atoms with Gasteiger partial charge in [0, 0.05) is 17.5 Å². The van der Waals surface area contributed by atoms with E-state index in [2.05, 4.69) is 5.32 Å². The number of halogens is 2. The lowest BCUT2D eigenvalue weighted by atomic mass is 10.1. The summed E-state index contributed by atoms with van der Waals surface area (Å²) in [6.45, 7) is 2.05. The number of amides is 1. The Kier molecular flexibility index (Phi) is 4.10. The van der Waals surface area contributed by atoms with Crippen LogP contribution in [-0.2, 0) is 6.42 Å². The highest BCUT2D eigenvalue weighted by atomic mass is 19.1. The van der Waals surface area contributed by atoms with Gasteiger partial charge >= 0.3 is 0 Å². The molecule has 0 fully saturated rings. The molecule has 2 aromatic carbocycles. The number of fused-ring (bicyclic) bond motifs is 1. The molecule has 1 heterocycles. The first-order valence-electron chi connectivity index (χ1n) is 7.26. The molecule has 0 unspecified atom stereocenters. The summed E-state index contributed by atoms with van der Waals surface area (Å²) >= 11 is 0. The normalized spacial score (nSPS) is 10.9. The Hall–Kier alpha value is -2.69. The zero-order chi connectivity index (χ0) is 16.4. The third-order valence-corrected chi connectivity index (χ3v) is 3.71. The molecule has 1 N–H and O–H groups in total. The molecule has 5 heteroatoms. The van der Waals surface area contributed by atoms with Gasteiger partial charge in [-0.15, -0.1) is 0 Å². The number of aryl methyl sites for hydroxylation is 1. The minimum atomic E-state index is -0.496. The van der Waals surface area contributed by atoms with E-state index >= 15 is 0 Å². The maximum Gasteiger partial charge on any atom is 0.287 e. The van der Waals surface area contributed by atoms with Gasteiger partial charge in [0.25, 0.3) is 5.91 Å². The van der Waals surface area contributed by atoms with Crippen molar-refractivity contribution in [2.45, 2.75) is 13.3 Å². The number of hydrogen-bond acceptors (Lipinski definition) is 2. The van der Waals surface area contributed by atoms with Gasteiger partial charge in [0.15, 0.2) is 17.2 Å². The van der Waals surface area contributed by atoms with Gasteiger partial charge in [-0.25, -0.2) is 8.78 Å². The number of benzene rings is 2. The van der Waals surface area contributed by atoms with E-state index in [0.29, 0.717) is 23.9 Å². The third kappa shape index (κ3) is 3.08. The molecule has 0 radical (unpaired) electrons. The second-order valence-corrected chi connectivity index (χ2v) is 5.31. The van der Waals surface area contributed by atoms with E-state index in [4.69, 9.17) is 4.42 Å². The summed E-state index contributed by atoms with van der Waals surface area (Å²) in [5.41, 5.74) is 1.47. The second kappa shape index (κ2) is 6.20. The van der Waals surface area contributed by atoms with E-state index in [1.165, 1.54) is 18.2 Å². The highest BCUT2D eigenvalue weighted by Gasteiger charge is 2.19. The Morgan fingerprint density at radius 2 is 1.96 bits per heavy atom. The largest absolute Gasteiger partial charge is 0.448 e. The number of nitrogens with one attached hydrogen (secondary N) is 1. The fourth-order valence-electron chi connectivity index (χ4n) is 2.52. The standard InChI is InChI=1S/C18H15F2NO2/c1-11-14-6-3-7-15(20)17(14)23-16(11)18(22)21-9-8-12-4-2-5-13(19)10-12/h2-7,10H,8-9H2,1H3,(H,21,22). The van der Waals surface area contributed by atoms with Crippen LogP contribution in [-0.4, -0.2) is 12.5 Å². The lowest BCUT2D eigenvalue weighted by Crippen LogP contribution is -2.25. The highest BCUT2D eigenvalue weighted by Crippen LogP contribution is 2.27. The average Bonchev–Trinajstić information content (AvgIpc) is 2.86. The topological polar surface area (TPSA) is 42.2 Å². The van der Waals surface area contributed by atoms with Crippen molar-refractivity contribution in [2.75, 3.05) is 6.54 Å². The number of rotatable bonds is 4. The van der Waals surface area contributed by atoms with Crippen LogP contribution in [0.5, 0.6) is 0 Å². The van der Waals surface area contributed by atoms with E-state index in [9.17, 15) is 13.6 Å². The van der Waals surface area contributed by atoms with Crippen molar-refractivity contribution >= 4 is 16.9 Å². The Bertz CT molecular complexity index is 871. The van der Waals surface area contributed by atoms with Gasteiger partial charge in [-0.3, -0.25) is 4.79 Å². The molecule has 3 rings (SSSR count). The van der Waals surface area contributed by atoms with E-state index < -0.39 is 11.7 Å². The number of carbonyl (C=O) groups is 1. The molecule has 0 aliphatic rings. The van der Waals surface area contributed by atoms with Gasteiger partial charge in [0.1, 0.15) is 5.82 Å². The van der Waals surface area contributed by atoms with Crippen LogP contribution in [0.25, 0.3) is 11.0 Å². The van der Waals surface area contributed by atoms with Crippen molar-refractivity contribution in [3.05, 3.63) is 71.0 Å². The van der Waals surface area contributed by atoms with Gasteiger partial charge in [0.05, 0.1) is 0 Å². The van der Waals surface area contributed by atoms with Crippen LogP contribution in [0.15, 0.2) is 46.9 Å². The zero-order valence-electron chi connectivity index (χ0n) is 12.5. The van der Waals surface area contributed by atoms with Crippen LogP contribution in [0.1, 0.15) is 21.7 Å². The fourth-order valence-corrected chi connectivity index (χ4v) is 2.52. The SMILES string of the molecule is Cc1c(C(=O)NCCc2cccc(F)c2)oc2c(F)cccc12. The lowest BCUT2D eigenvalue weighted by molar-refractivity contribution is 0.0927. The molecule has 3 aromatic rings. The maximum atomic E-state index is 13.7. The highest BCUT2D eigenvalue weighted by molar-refractivity contribution is 5.98. The van der Waals surface area contributed by atoms with Gasteiger partial charge in [-0.1, -0.05) is 24.3 Å². The Morgan fingerprint density at radius 1 is 1.17 bits per heavy atom. The van der Waals surface area contributed by atoms with Gasteiger partial charge < -0.3 is 9.73 Å². The Balaban J connectivity index is 1.71. The van der Waals surface area contributed by atoms with E-state index in [1.807, 2.05) is 0 Å². The second-order valence-electron chi connectivity index (χ2n) is 5.31. The van der Waals surface area contributed by atoms with Crippen LogP contribution >= 0.6 is 0 Å². The van der Waals surface area contributed by atoms with E-state index in [-0.39, 0.29) is 17.2 Å². The molecule has 0 atom stereocenters. The van der Waals surface area contributed by atoms with Crippen LogP contribution in [0.2, 0.25) is 0 Å². The van der Waals surface area contributed by atoms with Crippen LogP contribution < -0.4 is 5.32 Å². The Morgan fingerprint density at radius 3 is 2.70 bits per heavy atom. The summed E-state index contributed by atoms with van der Waals surface area (Å²) in [6, 6.07) is 10.8. The van der Waals surface area contributed by atoms with Crippen LogP contribution in [0.3, 0.4) is 0 Å². The van der Waals surface area contributed by atoms with Crippen molar-refractivity contribution in [1.82, 2.24) is 5.32 Å². The molecule has 23 heavy (non-hydrogen) atoms. The summed E-state index contributed by atoms with van der Waals surface area (Å²) < 4.78 is 32.1. The first-order valence-corrected chi connectivity index (χ1v) is 7.26. The minimum absolute atomic E-state index is 0.0836. The van der Waals surface area contributed by atoms with E-state index in [1.54, 1.807) is 31.2 Å². The smallest absolute Gasteiger partial charge is 0.287 e. The predicted molar refractivity (Wildman–Crippen MR) is 83.3 cm³/mol. The summed E-state index contributed by atoms with van der Waals surface area (Å²) in [6.07, 6.45) is 0.497. The molecule has 0 saturated carbocycles. The monoisotopic (exact) mass is 315 g/mol. The van der Waals surface area contributed by atoms with E-state index in [0.717, 1.165) is 5.56 Å². The summed E-state index contributed by atoms with van der Waals surface area (Å²) in [5.74, 6) is -1.11. The number of carbonyl (C=O) groups excluding carboxylic acids is 1. The van der Waals surface area contributed by atoms with Crippen molar-refractivity contribution in [1.29, 1.82) is 0 Å².